The highest BCUT2D eigenvalue weighted by molar-refractivity contribution is 6.44. The molecule has 75 heavy (non-hydrogen) atoms. The molecule has 0 aliphatic heterocycles. The summed E-state index contributed by atoms with van der Waals surface area (Å²) < 4.78 is 0. The van der Waals surface area contributed by atoms with Gasteiger partial charge in [-0.05, 0) is 42.5 Å². The maximum atomic E-state index is 6.28. The van der Waals surface area contributed by atoms with Gasteiger partial charge < -0.3 is 16.0 Å². The van der Waals surface area contributed by atoms with Crippen molar-refractivity contribution in [1.29, 1.82) is 0 Å². The molecule has 12 aromatic rings. The smallest absolute Gasteiger partial charge is 0.161 e. The number of hydrogen-bond donors (Lipinski definition) is 3. The second-order valence-electron chi connectivity index (χ2n) is 16.7. The van der Waals surface area contributed by atoms with Crippen molar-refractivity contribution in [3.05, 3.63) is 249 Å². The van der Waals surface area contributed by atoms with Crippen LogP contribution in [0.1, 0.15) is 0 Å². The highest BCUT2D eigenvalue weighted by atomic mass is 35.5. The van der Waals surface area contributed by atoms with Crippen LogP contribution in [0.15, 0.2) is 218 Å². The molecule has 12 rings (SSSR count). The molecule has 0 saturated carbocycles. The predicted octanol–water partition coefficient (Wildman–Crippen LogP) is 19.0. The van der Waals surface area contributed by atoms with Gasteiger partial charge in [-0.15, -0.1) is 30.6 Å². The number of rotatable bonds is 9. The summed E-state index contributed by atoms with van der Waals surface area (Å²) in [7, 11) is 0. The summed E-state index contributed by atoms with van der Waals surface area (Å²) in [4.78, 5) is 0. The van der Waals surface area contributed by atoms with Gasteiger partial charge in [0.05, 0.1) is 31.5 Å². The summed E-state index contributed by atoms with van der Waals surface area (Å²) in [5.74, 6) is 1.92. The summed E-state index contributed by atoms with van der Waals surface area (Å²) in [5.41, 5.74) is 7.70. The topological polar surface area (TPSA) is 113 Å². The standard InChI is InChI=1S/3C20H13Cl2N3/c21-16-11-6-12-17(18(16)22)23-20-15-10-5-4-9-14(15)19(24-25-20)13-7-2-1-3-8-13;21-16-11-6-12-17(22)19(16)23-20-15-10-5-4-9-14(15)18(24-25-20)13-7-2-1-3-8-13;21-14-10-15(22)12-16(11-14)23-20-18-9-5-4-8-17(18)19(24-25-20)13-6-2-1-3-7-13/h3*1-12H,(H,23,25). The van der Waals surface area contributed by atoms with Gasteiger partial charge in [-0.3, -0.25) is 0 Å². The van der Waals surface area contributed by atoms with E-state index in [1.165, 1.54) is 0 Å². The summed E-state index contributed by atoms with van der Waals surface area (Å²) in [6.45, 7) is 0. The van der Waals surface area contributed by atoms with E-state index in [0.29, 0.717) is 59.0 Å². The Morgan fingerprint density at radius 3 is 1.05 bits per heavy atom. The molecular weight excluding hydrogens is 1060 g/mol. The lowest BCUT2D eigenvalue weighted by atomic mass is 10.0. The quantitative estimate of drug-likeness (QED) is 0.130. The number of hydrogen-bond acceptors (Lipinski definition) is 9. The maximum Gasteiger partial charge on any atom is 0.161 e. The van der Waals surface area contributed by atoms with E-state index in [-0.39, 0.29) is 0 Å². The minimum absolute atomic E-state index is 0.460. The van der Waals surface area contributed by atoms with Gasteiger partial charge in [0, 0.05) is 64.7 Å². The van der Waals surface area contributed by atoms with Crippen LogP contribution >= 0.6 is 69.6 Å². The molecule has 0 bridgehead atoms. The van der Waals surface area contributed by atoms with Crippen LogP contribution in [-0.2, 0) is 0 Å². The lowest BCUT2D eigenvalue weighted by molar-refractivity contribution is 1.06. The minimum Gasteiger partial charge on any atom is -0.338 e. The fraction of sp³-hybridized carbons (Fsp3) is 0. The van der Waals surface area contributed by atoms with E-state index in [9.17, 15) is 0 Å². The van der Waals surface area contributed by atoms with Crippen molar-refractivity contribution in [2.24, 2.45) is 0 Å². The first-order valence-electron chi connectivity index (χ1n) is 23.3. The van der Waals surface area contributed by atoms with Crippen LogP contribution < -0.4 is 16.0 Å². The number of benzene rings is 9. The average molecular weight is 1100 g/mol. The normalized spacial score (nSPS) is 10.8. The van der Waals surface area contributed by atoms with Gasteiger partial charge in [0.25, 0.3) is 0 Å². The summed E-state index contributed by atoms with van der Waals surface area (Å²) in [6.07, 6.45) is 0. The van der Waals surface area contributed by atoms with E-state index in [4.69, 9.17) is 69.6 Å². The van der Waals surface area contributed by atoms with Gasteiger partial charge in [-0.1, -0.05) is 246 Å². The highest BCUT2D eigenvalue weighted by Crippen LogP contribution is 2.38. The van der Waals surface area contributed by atoms with E-state index in [1.54, 1.807) is 42.5 Å². The largest absolute Gasteiger partial charge is 0.338 e. The molecule has 3 heterocycles. The Labute approximate surface area is 462 Å². The van der Waals surface area contributed by atoms with Crippen molar-refractivity contribution in [1.82, 2.24) is 30.6 Å². The zero-order chi connectivity index (χ0) is 51.7. The van der Waals surface area contributed by atoms with Crippen LogP contribution in [-0.4, -0.2) is 30.6 Å². The summed E-state index contributed by atoms with van der Waals surface area (Å²) in [5, 5.41) is 45.3. The van der Waals surface area contributed by atoms with Crippen LogP contribution in [0.3, 0.4) is 0 Å². The van der Waals surface area contributed by atoms with Crippen LogP contribution in [0.5, 0.6) is 0 Å². The Morgan fingerprint density at radius 2 is 0.627 bits per heavy atom. The first-order valence-corrected chi connectivity index (χ1v) is 25.5. The Balaban J connectivity index is 0.000000128. The molecule has 15 heteroatoms. The molecule has 3 N–H and O–H groups in total. The van der Waals surface area contributed by atoms with Crippen molar-refractivity contribution in [2.45, 2.75) is 0 Å². The molecule has 0 amide bonds. The van der Waals surface area contributed by atoms with Crippen molar-refractivity contribution >= 4 is 136 Å². The molecule has 0 aliphatic carbocycles. The molecule has 9 aromatic carbocycles. The lowest BCUT2D eigenvalue weighted by Gasteiger charge is -2.13. The fourth-order valence-electron chi connectivity index (χ4n) is 8.24. The zero-order valence-electron chi connectivity index (χ0n) is 39.2. The van der Waals surface area contributed by atoms with E-state index in [0.717, 1.165) is 71.8 Å². The molecule has 3 aromatic heterocycles. The highest BCUT2D eigenvalue weighted by Gasteiger charge is 2.16. The van der Waals surface area contributed by atoms with Crippen LogP contribution in [0.25, 0.3) is 66.1 Å². The Kier molecular flexibility index (Phi) is 15.9. The zero-order valence-corrected chi connectivity index (χ0v) is 43.8. The number of para-hydroxylation sites is 1. The second-order valence-corrected chi connectivity index (χ2v) is 19.1. The molecule has 0 saturated heterocycles. The van der Waals surface area contributed by atoms with E-state index in [2.05, 4.69) is 46.5 Å². The van der Waals surface area contributed by atoms with Crippen LogP contribution in [0, 0.1) is 0 Å². The third-order valence-electron chi connectivity index (χ3n) is 11.7. The van der Waals surface area contributed by atoms with Gasteiger partial charge in [0.15, 0.2) is 17.5 Å². The van der Waals surface area contributed by atoms with Crippen LogP contribution in [0.4, 0.5) is 34.5 Å². The SMILES string of the molecule is Clc1cc(Cl)cc(Nc2nnc(-c3ccccc3)c3ccccc23)c1.Clc1cccc(Cl)c1Nc1nnc(-c2ccccc2)c2ccccc12.Clc1cccc(Nc2nnc(-c3ccccc3)c3ccccc23)c1Cl. The Bertz CT molecular complexity index is 3930. The van der Waals surface area contributed by atoms with Crippen molar-refractivity contribution < 1.29 is 0 Å². The first-order chi connectivity index (χ1) is 36.7. The summed E-state index contributed by atoms with van der Waals surface area (Å²) >= 11 is 37.1. The van der Waals surface area contributed by atoms with E-state index >= 15 is 0 Å². The molecule has 0 atom stereocenters. The third-order valence-corrected chi connectivity index (χ3v) is 13.6. The van der Waals surface area contributed by atoms with Gasteiger partial charge >= 0.3 is 0 Å². The monoisotopic (exact) mass is 1100 g/mol. The minimum atomic E-state index is 0.460. The number of fused-ring (bicyclic) bond motifs is 3. The van der Waals surface area contributed by atoms with E-state index in [1.807, 2.05) is 176 Å². The molecule has 366 valence electrons. The molecule has 0 unspecified atom stereocenters. The molecular formula is C60H39Cl6N9. The Morgan fingerprint density at radius 1 is 0.280 bits per heavy atom. The maximum absolute atomic E-state index is 6.28. The number of aromatic nitrogens is 6. The summed E-state index contributed by atoms with van der Waals surface area (Å²) in [6, 6.07) is 70.2. The first kappa shape index (κ1) is 50.7. The van der Waals surface area contributed by atoms with Crippen molar-refractivity contribution in [3.63, 3.8) is 0 Å². The molecule has 9 nitrogen and oxygen atoms in total. The van der Waals surface area contributed by atoms with Gasteiger partial charge in [0.2, 0.25) is 0 Å². The molecule has 0 spiro atoms. The number of anilines is 6. The number of halogens is 6. The van der Waals surface area contributed by atoms with Crippen molar-refractivity contribution in [2.75, 3.05) is 16.0 Å². The number of nitrogens with one attached hydrogen (secondary N) is 3. The van der Waals surface area contributed by atoms with E-state index < -0.39 is 0 Å². The number of nitrogens with zero attached hydrogens (tertiary/aromatic N) is 6. The predicted molar refractivity (Wildman–Crippen MR) is 314 cm³/mol. The van der Waals surface area contributed by atoms with Crippen LogP contribution in [0.2, 0.25) is 30.1 Å². The fourth-order valence-corrected chi connectivity index (χ4v) is 9.61. The average Bonchev–Trinajstić information content (AvgIpc) is 3.44. The van der Waals surface area contributed by atoms with Gasteiger partial charge in [-0.25, -0.2) is 0 Å². The molecule has 0 aliphatic rings. The van der Waals surface area contributed by atoms with Gasteiger partial charge in [0.1, 0.15) is 17.1 Å². The van der Waals surface area contributed by atoms with Crippen molar-refractivity contribution in [3.8, 4) is 33.8 Å². The third kappa shape index (κ3) is 11.8. The lowest BCUT2D eigenvalue weighted by Crippen LogP contribution is -2.00. The molecule has 0 fully saturated rings. The molecule has 0 radical (unpaired) electrons. The van der Waals surface area contributed by atoms with Gasteiger partial charge in [-0.2, -0.15) is 0 Å². The Hall–Kier alpha value is -7.86. The second kappa shape index (κ2) is 23.6.